The van der Waals surface area contributed by atoms with E-state index in [-0.39, 0.29) is 24.2 Å². The van der Waals surface area contributed by atoms with Crippen LogP contribution in [0.15, 0.2) is 54.7 Å². The van der Waals surface area contributed by atoms with Crippen molar-refractivity contribution < 1.29 is 14.0 Å². The van der Waals surface area contributed by atoms with Crippen LogP contribution >= 0.6 is 0 Å². The summed E-state index contributed by atoms with van der Waals surface area (Å²) in [5.74, 6) is -0.274. The molecule has 0 saturated heterocycles. The smallest absolute Gasteiger partial charge is 0.242 e. The van der Waals surface area contributed by atoms with Gasteiger partial charge in [0.05, 0.1) is 11.9 Å². The standard InChI is InChI=1S/C23H21FN4O2/c1-14(2)13-27-19-9-8-15(24)10-17(19)23(22(27)30)11-20(29)26-21-18(23)12-25-28(21)16-6-4-3-5-7-16/h3-10,12,14H,11,13H2,1-2H3,(H,26,29)/t23-/m0/s1. The number of aromatic nitrogens is 2. The Bertz CT molecular complexity index is 1170. The highest BCUT2D eigenvalue weighted by molar-refractivity contribution is 6.15. The van der Waals surface area contributed by atoms with Crippen LogP contribution in [0.3, 0.4) is 0 Å². The van der Waals surface area contributed by atoms with Crippen LogP contribution in [0.2, 0.25) is 0 Å². The third-order valence-corrected chi connectivity index (χ3v) is 5.78. The molecular weight excluding hydrogens is 383 g/mol. The number of nitrogens with one attached hydrogen (secondary N) is 1. The van der Waals surface area contributed by atoms with Crippen molar-refractivity contribution in [3.63, 3.8) is 0 Å². The number of halogens is 1. The SMILES string of the molecule is CC(C)CN1C(=O)[C@@]2(CC(=O)Nc3c2cnn3-c2ccccc2)c2cc(F)ccc21. The predicted molar refractivity (Wildman–Crippen MR) is 111 cm³/mol. The van der Waals surface area contributed by atoms with Crippen LogP contribution < -0.4 is 10.2 Å². The summed E-state index contributed by atoms with van der Waals surface area (Å²) in [5.41, 5.74) is 1.26. The molecule has 2 amide bonds. The first-order chi connectivity index (χ1) is 14.4. The number of hydrogen-bond acceptors (Lipinski definition) is 3. The molecule has 0 radical (unpaired) electrons. The highest BCUT2D eigenvalue weighted by Crippen LogP contribution is 2.52. The number of rotatable bonds is 3. The maximum absolute atomic E-state index is 14.3. The van der Waals surface area contributed by atoms with E-state index in [4.69, 9.17) is 0 Å². The largest absolute Gasteiger partial charge is 0.311 e. The number of amides is 2. The quantitative estimate of drug-likeness (QED) is 0.725. The molecule has 3 heterocycles. The second kappa shape index (κ2) is 6.52. The van der Waals surface area contributed by atoms with Gasteiger partial charge in [0.15, 0.2) is 0 Å². The van der Waals surface area contributed by atoms with Crippen molar-refractivity contribution in [2.75, 3.05) is 16.8 Å². The van der Waals surface area contributed by atoms with Gasteiger partial charge in [-0.15, -0.1) is 0 Å². The first-order valence-electron chi connectivity index (χ1n) is 9.97. The van der Waals surface area contributed by atoms with E-state index in [1.807, 2.05) is 44.2 Å². The molecule has 0 aliphatic carbocycles. The summed E-state index contributed by atoms with van der Waals surface area (Å²) in [4.78, 5) is 28.3. The molecule has 2 aliphatic heterocycles. The molecule has 2 aliphatic rings. The Morgan fingerprint density at radius 1 is 1.13 bits per heavy atom. The van der Waals surface area contributed by atoms with Gasteiger partial charge in [0, 0.05) is 24.2 Å². The molecule has 0 fully saturated rings. The van der Waals surface area contributed by atoms with E-state index < -0.39 is 11.2 Å². The molecule has 3 aromatic rings. The van der Waals surface area contributed by atoms with Gasteiger partial charge in [0.2, 0.25) is 11.8 Å². The second-order valence-corrected chi connectivity index (χ2v) is 8.26. The topological polar surface area (TPSA) is 67.2 Å². The van der Waals surface area contributed by atoms with Crippen molar-refractivity contribution in [1.82, 2.24) is 9.78 Å². The zero-order valence-electron chi connectivity index (χ0n) is 16.7. The predicted octanol–water partition coefficient (Wildman–Crippen LogP) is 3.64. The number of hydrogen-bond donors (Lipinski definition) is 1. The number of carbonyl (C=O) groups is 2. The highest BCUT2D eigenvalue weighted by atomic mass is 19.1. The summed E-state index contributed by atoms with van der Waals surface area (Å²) in [6.45, 7) is 4.53. The number of anilines is 2. The molecule has 1 aromatic heterocycles. The van der Waals surface area contributed by atoms with Gasteiger partial charge in [-0.1, -0.05) is 32.0 Å². The van der Waals surface area contributed by atoms with Crippen LogP contribution in [-0.4, -0.2) is 28.1 Å². The van der Waals surface area contributed by atoms with E-state index in [1.54, 1.807) is 21.8 Å². The van der Waals surface area contributed by atoms with Crippen LogP contribution in [0.5, 0.6) is 0 Å². The molecule has 1 N–H and O–H groups in total. The number of benzene rings is 2. The molecule has 2 aromatic carbocycles. The minimum absolute atomic E-state index is 0.0790. The van der Waals surface area contributed by atoms with Gasteiger partial charge < -0.3 is 10.2 Å². The lowest BCUT2D eigenvalue weighted by atomic mass is 9.71. The first kappa shape index (κ1) is 18.5. The third kappa shape index (κ3) is 2.51. The summed E-state index contributed by atoms with van der Waals surface area (Å²) >= 11 is 0. The van der Waals surface area contributed by atoms with Gasteiger partial charge in [-0.25, -0.2) is 9.07 Å². The second-order valence-electron chi connectivity index (χ2n) is 8.26. The van der Waals surface area contributed by atoms with Crippen LogP contribution in [0.1, 0.15) is 31.4 Å². The monoisotopic (exact) mass is 404 g/mol. The van der Waals surface area contributed by atoms with Gasteiger partial charge in [0.1, 0.15) is 17.1 Å². The minimum Gasteiger partial charge on any atom is -0.311 e. The van der Waals surface area contributed by atoms with E-state index in [0.717, 1.165) is 5.69 Å². The molecule has 0 bridgehead atoms. The third-order valence-electron chi connectivity index (χ3n) is 5.78. The summed E-state index contributed by atoms with van der Waals surface area (Å²) in [6.07, 6.45) is 1.54. The van der Waals surface area contributed by atoms with Gasteiger partial charge in [-0.3, -0.25) is 9.59 Å². The maximum atomic E-state index is 14.3. The molecule has 0 unspecified atom stereocenters. The van der Waals surface area contributed by atoms with Crippen molar-refractivity contribution >= 4 is 23.3 Å². The molecule has 1 spiro atoms. The summed E-state index contributed by atoms with van der Waals surface area (Å²) in [6, 6.07) is 13.8. The van der Waals surface area contributed by atoms with Crippen LogP contribution in [0.25, 0.3) is 5.69 Å². The Kier molecular flexibility index (Phi) is 4.03. The Hall–Kier alpha value is -3.48. The van der Waals surface area contributed by atoms with E-state index in [1.165, 1.54) is 12.1 Å². The average Bonchev–Trinajstić information content (AvgIpc) is 3.23. The fourth-order valence-corrected chi connectivity index (χ4v) is 4.58. The summed E-state index contributed by atoms with van der Waals surface area (Å²) in [7, 11) is 0. The lowest BCUT2D eigenvalue weighted by Crippen LogP contribution is -2.47. The summed E-state index contributed by atoms with van der Waals surface area (Å²) in [5, 5.41) is 7.35. The Morgan fingerprint density at radius 3 is 2.63 bits per heavy atom. The number of nitrogens with zero attached hydrogens (tertiary/aromatic N) is 3. The average molecular weight is 404 g/mol. The zero-order chi connectivity index (χ0) is 21.0. The van der Waals surface area contributed by atoms with Crippen LogP contribution in [-0.2, 0) is 15.0 Å². The van der Waals surface area contributed by atoms with Crippen molar-refractivity contribution in [1.29, 1.82) is 0 Å². The number of carbonyl (C=O) groups excluding carboxylic acids is 2. The molecule has 7 heteroatoms. The normalized spacial score (nSPS) is 19.9. The molecule has 5 rings (SSSR count). The van der Waals surface area contributed by atoms with E-state index >= 15 is 0 Å². The fraction of sp³-hybridized carbons (Fsp3) is 0.261. The number of para-hydroxylation sites is 1. The number of fused-ring (bicyclic) bond motifs is 4. The summed E-state index contributed by atoms with van der Waals surface area (Å²) < 4.78 is 15.9. The van der Waals surface area contributed by atoms with Crippen LogP contribution in [0.4, 0.5) is 15.9 Å². The lowest BCUT2D eigenvalue weighted by molar-refractivity contribution is -0.126. The van der Waals surface area contributed by atoms with E-state index in [9.17, 15) is 14.0 Å². The lowest BCUT2D eigenvalue weighted by Gasteiger charge is -2.32. The van der Waals surface area contributed by atoms with Crippen molar-refractivity contribution in [3.05, 3.63) is 71.7 Å². The van der Waals surface area contributed by atoms with Gasteiger partial charge in [-0.2, -0.15) is 5.10 Å². The molecule has 30 heavy (non-hydrogen) atoms. The first-order valence-corrected chi connectivity index (χ1v) is 9.97. The minimum atomic E-state index is -1.28. The molecule has 6 nitrogen and oxygen atoms in total. The van der Waals surface area contributed by atoms with Crippen molar-refractivity contribution in [3.8, 4) is 5.69 Å². The molecule has 152 valence electrons. The highest BCUT2D eigenvalue weighted by Gasteiger charge is 2.57. The molecular formula is C23H21FN4O2. The van der Waals surface area contributed by atoms with Gasteiger partial charge >= 0.3 is 0 Å². The molecule has 1 atom stereocenters. The van der Waals surface area contributed by atoms with Crippen LogP contribution in [0, 0.1) is 11.7 Å². The Morgan fingerprint density at radius 2 is 1.90 bits per heavy atom. The Labute approximate surface area is 173 Å². The van der Waals surface area contributed by atoms with Gasteiger partial charge in [-0.05, 0) is 41.8 Å². The molecule has 0 saturated carbocycles. The maximum Gasteiger partial charge on any atom is 0.242 e. The van der Waals surface area contributed by atoms with E-state index in [2.05, 4.69) is 10.4 Å². The van der Waals surface area contributed by atoms with Crippen molar-refractivity contribution in [2.45, 2.75) is 25.7 Å². The Balaban J connectivity index is 1.76. The van der Waals surface area contributed by atoms with Crippen molar-refractivity contribution in [2.24, 2.45) is 5.92 Å². The zero-order valence-corrected chi connectivity index (χ0v) is 16.7. The van der Waals surface area contributed by atoms with Gasteiger partial charge in [0.25, 0.3) is 0 Å². The fourth-order valence-electron chi connectivity index (χ4n) is 4.58. The van der Waals surface area contributed by atoms with E-state index in [0.29, 0.717) is 29.2 Å².